The third-order valence-corrected chi connectivity index (χ3v) is 19.6. The van der Waals surface area contributed by atoms with E-state index >= 15 is 0 Å². The number of aromatic nitrogens is 5. The average Bonchev–Trinajstić information content (AvgIpc) is 3.81. The van der Waals surface area contributed by atoms with Crippen molar-refractivity contribution in [3.05, 3.63) is 212 Å². The van der Waals surface area contributed by atoms with Crippen LogP contribution in [0.1, 0.15) is 45.1 Å². The summed E-state index contributed by atoms with van der Waals surface area (Å²) in [5.74, 6) is 1.91. The van der Waals surface area contributed by atoms with E-state index < -0.39 is 8.07 Å². The molecule has 0 saturated heterocycles. The molecular formula is C58H48N6Si. The Kier molecular flexibility index (Phi) is 9.24. The standard InChI is InChI=1S/C58H48N6Si/c1-57-36-18-19-37-58(57,2)64(53-40-59-38-35-49(53)57)56-61-54(60-55(62-56)48-31-14-17-34-52(48)63-50-32-15-12-29-46(50)47-30-13-16-33-51(47)63)41-21-20-28-45(39-41)65(42-22-6-3-7-23-42,43-24-8-4-9-25-43)44-26-10-5-11-27-44/h3-17,20-35,38-40H,18-19,36-37H2,1-2H3. The van der Waals surface area contributed by atoms with Gasteiger partial charge in [0, 0.05) is 33.5 Å². The fourth-order valence-electron chi connectivity index (χ4n) is 11.6. The second-order valence-corrected chi connectivity index (χ2v) is 21.9. The second kappa shape index (κ2) is 15.4. The lowest BCUT2D eigenvalue weighted by Crippen LogP contribution is -2.74. The van der Waals surface area contributed by atoms with E-state index in [1.807, 2.05) is 12.4 Å². The highest BCUT2D eigenvalue weighted by molar-refractivity contribution is 7.19. The van der Waals surface area contributed by atoms with Crippen molar-refractivity contribution in [3.63, 3.8) is 0 Å². The van der Waals surface area contributed by atoms with Crippen molar-refractivity contribution in [1.82, 2.24) is 24.5 Å². The number of hydrogen-bond donors (Lipinski definition) is 0. The summed E-state index contributed by atoms with van der Waals surface area (Å²) in [6, 6.07) is 70.5. The highest BCUT2D eigenvalue weighted by Crippen LogP contribution is 2.60. The van der Waals surface area contributed by atoms with Crippen LogP contribution in [0.4, 0.5) is 11.6 Å². The van der Waals surface area contributed by atoms with E-state index in [0.29, 0.717) is 17.6 Å². The van der Waals surface area contributed by atoms with Gasteiger partial charge in [0.2, 0.25) is 5.95 Å². The molecule has 10 aromatic rings. The van der Waals surface area contributed by atoms with Crippen molar-refractivity contribution in [1.29, 1.82) is 0 Å². The predicted octanol–water partition coefficient (Wildman–Crippen LogP) is 10.8. The van der Waals surface area contributed by atoms with Crippen LogP contribution in [0.3, 0.4) is 0 Å². The zero-order valence-electron chi connectivity index (χ0n) is 36.6. The van der Waals surface area contributed by atoms with Gasteiger partial charge in [-0.15, -0.1) is 0 Å². The maximum absolute atomic E-state index is 5.60. The lowest BCUT2D eigenvalue weighted by molar-refractivity contribution is 0.193. The first-order valence-corrected chi connectivity index (χ1v) is 24.9. The Morgan fingerprint density at radius 3 is 1.71 bits per heavy atom. The number of benzene rings is 7. The normalized spacial score (nSPS) is 18.2. The minimum absolute atomic E-state index is 0.108. The van der Waals surface area contributed by atoms with Crippen LogP contribution in [0.25, 0.3) is 50.3 Å². The van der Waals surface area contributed by atoms with Gasteiger partial charge in [0.15, 0.2) is 19.7 Å². The molecule has 0 radical (unpaired) electrons. The van der Waals surface area contributed by atoms with Crippen LogP contribution < -0.4 is 25.6 Å². The fourth-order valence-corrected chi connectivity index (χ4v) is 16.4. The average molecular weight is 857 g/mol. The number of anilines is 2. The molecule has 1 aliphatic heterocycles. The second-order valence-electron chi connectivity index (χ2n) is 18.1. The number of para-hydroxylation sites is 3. The van der Waals surface area contributed by atoms with Crippen LogP contribution in [-0.2, 0) is 5.41 Å². The Balaban J connectivity index is 1.13. The summed E-state index contributed by atoms with van der Waals surface area (Å²) < 4.78 is 2.37. The molecule has 0 N–H and O–H groups in total. The molecule has 7 aromatic carbocycles. The predicted molar refractivity (Wildman–Crippen MR) is 269 cm³/mol. The van der Waals surface area contributed by atoms with Gasteiger partial charge in [-0.3, -0.25) is 4.98 Å². The lowest BCUT2D eigenvalue weighted by Gasteiger charge is -2.49. The van der Waals surface area contributed by atoms with Gasteiger partial charge in [0.05, 0.1) is 34.1 Å². The van der Waals surface area contributed by atoms with Gasteiger partial charge in [-0.1, -0.05) is 184 Å². The smallest absolute Gasteiger partial charge is 0.234 e. The van der Waals surface area contributed by atoms with E-state index in [-0.39, 0.29) is 11.0 Å². The molecule has 0 spiro atoms. The topological polar surface area (TPSA) is 59.7 Å². The van der Waals surface area contributed by atoms with Crippen molar-refractivity contribution in [2.24, 2.45) is 0 Å². The van der Waals surface area contributed by atoms with Crippen molar-refractivity contribution < 1.29 is 0 Å². The zero-order valence-corrected chi connectivity index (χ0v) is 37.6. The monoisotopic (exact) mass is 856 g/mol. The Hall–Kier alpha value is -7.48. The molecule has 7 heteroatoms. The van der Waals surface area contributed by atoms with E-state index in [4.69, 9.17) is 19.9 Å². The maximum atomic E-state index is 5.60. The molecule has 0 bridgehead atoms. The number of pyridine rings is 1. The first kappa shape index (κ1) is 39.1. The van der Waals surface area contributed by atoms with E-state index in [1.54, 1.807) is 0 Å². The van der Waals surface area contributed by atoms with Gasteiger partial charge in [-0.05, 0) is 76.4 Å². The Morgan fingerprint density at radius 1 is 0.492 bits per heavy atom. The largest absolute Gasteiger partial charge is 0.309 e. The van der Waals surface area contributed by atoms with Crippen LogP contribution in [0, 0.1) is 0 Å². The molecule has 2 unspecified atom stereocenters. The van der Waals surface area contributed by atoms with E-state index in [0.717, 1.165) is 52.8 Å². The van der Waals surface area contributed by atoms with Gasteiger partial charge in [0.25, 0.3) is 0 Å². The van der Waals surface area contributed by atoms with Gasteiger partial charge in [-0.2, -0.15) is 9.97 Å². The van der Waals surface area contributed by atoms with Crippen molar-refractivity contribution in [2.75, 3.05) is 4.90 Å². The molecular weight excluding hydrogens is 809 g/mol. The highest BCUT2D eigenvalue weighted by Gasteiger charge is 2.58. The van der Waals surface area contributed by atoms with Crippen LogP contribution in [-0.4, -0.2) is 38.1 Å². The van der Waals surface area contributed by atoms with Crippen LogP contribution >= 0.6 is 0 Å². The molecule has 1 saturated carbocycles. The van der Waals surface area contributed by atoms with Gasteiger partial charge in [0.1, 0.15) is 0 Å². The van der Waals surface area contributed by atoms with Gasteiger partial charge in [-0.25, -0.2) is 4.98 Å². The number of nitrogens with zero attached hydrogens (tertiary/aromatic N) is 6. The zero-order chi connectivity index (χ0) is 43.6. The van der Waals surface area contributed by atoms with E-state index in [9.17, 15) is 0 Å². The molecule has 1 aliphatic carbocycles. The molecule has 3 aromatic heterocycles. The number of rotatable bonds is 8. The Morgan fingerprint density at radius 2 is 1.05 bits per heavy atom. The molecule has 1 fully saturated rings. The minimum atomic E-state index is -2.86. The van der Waals surface area contributed by atoms with Crippen LogP contribution in [0.15, 0.2) is 207 Å². The maximum Gasteiger partial charge on any atom is 0.234 e. The molecule has 314 valence electrons. The van der Waals surface area contributed by atoms with Gasteiger partial charge >= 0.3 is 0 Å². The summed E-state index contributed by atoms with van der Waals surface area (Å²) in [6.45, 7) is 4.86. The third kappa shape index (κ3) is 5.91. The highest BCUT2D eigenvalue weighted by atomic mass is 28.3. The van der Waals surface area contributed by atoms with E-state index in [2.05, 4.69) is 217 Å². The van der Waals surface area contributed by atoms with Crippen molar-refractivity contribution in [2.45, 2.75) is 50.5 Å². The molecule has 6 nitrogen and oxygen atoms in total. The van der Waals surface area contributed by atoms with E-state index in [1.165, 1.54) is 43.5 Å². The number of fused-ring (bicyclic) bond motifs is 6. The molecule has 65 heavy (non-hydrogen) atoms. The Bertz CT molecular complexity index is 3240. The van der Waals surface area contributed by atoms with Crippen molar-refractivity contribution >= 4 is 62.3 Å². The summed E-state index contributed by atoms with van der Waals surface area (Å²) in [5.41, 5.74) is 7.18. The summed E-state index contributed by atoms with van der Waals surface area (Å²) in [4.78, 5) is 23.9. The third-order valence-electron chi connectivity index (χ3n) is 14.9. The number of hydrogen-bond acceptors (Lipinski definition) is 5. The summed E-state index contributed by atoms with van der Waals surface area (Å²) in [7, 11) is -2.86. The summed E-state index contributed by atoms with van der Waals surface area (Å²) >= 11 is 0. The fraction of sp³-hybridized carbons (Fsp3) is 0.138. The summed E-state index contributed by atoms with van der Waals surface area (Å²) in [5, 5.41) is 7.63. The molecule has 4 heterocycles. The van der Waals surface area contributed by atoms with Crippen molar-refractivity contribution in [3.8, 4) is 28.5 Å². The first-order valence-electron chi connectivity index (χ1n) is 22.9. The summed E-state index contributed by atoms with van der Waals surface area (Å²) in [6.07, 6.45) is 8.40. The lowest BCUT2D eigenvalue weighted by atomic mass is 9.62. The van der Waals surface area contributed by atoms with Crippen LogP contribution in [0.2, 0.25) is 0 Å². The first-order chi connectivity index (χ1) is 32.0. The van der Waals surface area contributed by atoms with Gasteiger partial charge < -0.3 is 9.47 Å². The molecule has 2 aliphatic rings. The quantitative estimate of drug-likeness (QED) is 0.113. The molecule has 2 atom stereocenters. The molecule has 0 amide bonds. The van der Waals surface area contributed by atoms with Crippen LogP contribution in [0.5, 0.6) is 0 Å². The molecule has 12 rings (SSSR count). The minimum Gasteiger partial charge on any atom is -0.309 e. The Labute approximate surface area is 381 Å². The SMILES string of the molecule is CC12CCCCC1(C)N(c1nc(-c3cccc([Si](c4ccccc4)(c4ccccc4)c4ccccc4)c3)nc(-c3ccccc3-n3c4ccccc4c4ccccc43)n1)c1cnccc12.